The molecule has 0 radical (unpaired) electrons. The lowest BCUT2D eigenvalue weighted by molar-refractivity contribution is 0.0420. The monoisotopic (exact) mass is 459 g/mol. The quantitative estimate of drug-likeness (QED) is 0.318. The molecule has 0 aromatic carbocycles. The Balaban J connectivity index is 5.81. The molecule has 5 nitrogen and oxygen atoms in total. The molecule has 1 amide bonds. The molecule has 30 heavy (non-hydrogen) atoms. The van der Waals surface area contributed by atoms with Gasteiger partial charge in [-0.25, -0.2) is 4.79 Å². The smallest absolute Gasteiger partial charge is 0.408 e. The number of rotatable bonds is 8. The molecule has 1 N–H and O–H groups in total. The van der Waals surface area contributed by atoms with Crippen molar-refractivity contribution in [3.8, 4) is 0 Å². The maximum atomic E-state index is 12.6. The molecule has 0 aliphatic heterocycles. The molecule has 0 saturated heterocycles. The van der Waals surface area contributed by atoms with Crippen molar-refractivity contribution in [3.05, 3.63) is 12.2 Å². The lowest BCUT2D eigenvalue weighted by Gasteiger charge is -2.42. The average molecular weight is 460 g/mol. The topological polar surface area (TPSA) is 56.8 Å². The van der Waals surface area contributed by atoms with Crippen LogP contribution in [0, 0.1) is 0 Å². The van der Waals surface area contributed by atoms with Crippen LogP contribution >= 0.6 is 0 Å². The summed E-state index contributed by atoms with van der Waals surface area (Å²) in [5.41, 5.74) is -0.564. The normalized spacial score (nSPS) is 16.5. The fourth-order valence-corrected chi connectivity index (χ4v) is 4.46. The van der Waals surface area contributed by atoms with Gasteiger partial charge in [-0.05, 0) is 64.0 Å². The van der Waals surface area contributed by atoms with Crippen molar-refractivity contribution in [1.82, 2.24) is 5.32 Å². The van der Waals surface area contributed by atoms with E-state index in [-0.39, 0.29) is 22.2 Å². The Labute approximate surface area is 188 Å². The van der Waals surface area contributed by atoms with Crippen molar-refractivity contribution >= 4 is 22.7 Å². The molecule has 0 heterocycles. The van der Waals surface area contributed by atoms with E-state index in [2.05, 4.69) is 73.0 Å². The summed E-state index contributed by atoms with van der Waals surface area (Å²) in [6.45, 7) is 30.1. The van der Waals surface area contributed by atoms with E-state index in [1.165, 1.54) is 0 Å². The van der Waals surface area contributed by atoms with E-state index in [9.17, 15) is 4.79 Å². The van der Waals surface area contributed by atoms with Crippen molar-refractivity contribution in [1.29, 1.82) is 0 Å². The first-order chi connectivity index (χ1) is 13.1. The molecule has 0 unspecified atom stereocenters. The summed E-state index contributed by atoms with van der Waals surface area (Å²) >= 11 is 0. The Morgan fingerprint density at radius 2 is 1.37 bits per heavy atom. The lowest BCUT2D eigenvalue weighted by atomic mass is 10.1. The first-order valence-electron chi connectivity index (χ1n) is 11.1. The Morgan fingerprint density at radius 3 is 1.73 bits per heavy atom. The Hall–Kier alpha value is -0.636. The van der Waals surface area contributed by atoms with Gasteiger partial charge in [-0.15, -0.1) is 0 Å². The highest BCUT2D eigenvalue weighted by Gasteiger charge is 2.42. The molecular formula is C23H49NO4Si2. The van der Waals surface area contributed by atoms with Crippen molar-refractivity contribution in [2.75, 3.05) is 6.61 Å². The number of ether oxygens (including phenoxy) is 1. The maximum absolute atomic E-state index is 12.6. The van der Waals surface area contributed by atoms with Crippen LogP contribution in [0.4, 0.5) is 4.79 Å². The van der Waals surface area contributed by atoms with Crippen molar-refractivity contribution in [2.45, 2.75) is 123 Å². The number of hydrogen-bond acceptors (Lipinski definition) is 4. The molecule has 0 aromatic rings. The first kappa shape index (κ1) is 29.4. The van der Waals surface area contributed by atoms with Crippen LogP contribution in [0.5, 0.6) is 0 Å². The molecule has 2 atom stereocenters. The van der Waals surface area contributed by atoms with Crippen molar-refractivity contribution < 1.29 is 18.4 Å². The van der Waals surface area contributed by atoms with Crippen molar-refractivity contribution in [3.63, 3.8) is 0 Å². The standard InChI is InChI=1S/C23H49NO4Si2/c1-15-16-19(28-30(13,14)23(8,9)10)18(24-20(25)27-21(2,3)4)17-26-29(11,12)22(5,6)7/h15-16,18-19H,17H2,1-14H3,(H,24,25)/b16-15+/t18-,19+/m0/s1. The molecule has 0 fully saturated rings. The highest BCUT2D eigenvalue weighted by atomic mass is 28.4. The van der Waals surface area contributed by atoms with Crippen LogP contribution in [0.15, 0.2) is 12.2 Å². The van der Waals surface area contributed by atoms with Gasteiger partial charge in [0.2, 0.25) is 0 Å². The number of alkyl carbamates (subject to hydrolysis) is 1. The van der Waals surface area contributed by atoms with E-state index in [4.69, 9.17) is 13.6 Å². The van der Waals surface area contributed by atoms with E-state index in [1.807, 2.05) is 39.8 Å². The summed E-state index contributed by atoms with van der Waals surface area (Å²) in [5.74, 6) is 0. The van der Waals surface area contributed by atoms with Gasteiger partial charge in [-0.3, -0.25) is 0 Å². The predicted octanol–water partition coefficient (Wildman–Crippen LogP) is 6.87. The molecule has 0 spiro atoms. The third-order valence-corrected chi connectivity index (χ3v) is 15.1. The zero-order valence-corrected chi connectivity index (χ0v) is 24.1. The SMILES string of the molecule is C/C=C/[C@@H](O[Si](C)(C)C(C)(C)C)[C@H](CO[Si](C)(C)C(C)(C)C)NC(=O)OC(C)(C)C. The van der Waals surface area contributed by atoms with E-state index in [1.54, 1.807) is 0 Å². The van der Waals surface area contributed by atoms with Gasteiger partial charge in [0.05, 0.1) is 18.8 Å². The van der Waals surface area contributed by atoms with Crippen LogP contribution in [0.3, 0.4) is 0 Å². The van der Waals surface area contributed by atoms with Crippen LogP contribution in [-0.4, -0.2) is 47.1 Å². The molecule has 0 bridgehead atoms. The number of carbonyl (C=O) groups excluding carboxylic acids is 1. The van der Waals surface area contributed by atoms with Gasteiger partial charge in [0.25, 0.3) is 0 Å². The molecule has 0 saturated carbocycles. The molecule has 0 aliphatic rings. The largest absolute Gasteiger partial charge is 0.444 e. The second-order valence-corrected chi connectivity index (χ2v) is 21.8. The van der Waals surface area contributed by atoms with Gasteiger partial charge >= 0.3 is 6.09 Å². The second kappa shape index (κ2) is 10.3. The Bertz CT molecular complexity index is 581. The molecule has 0 rings (SSSR count). The highest BCUT2D eigenvalue weighted by molar-refractivity contribution is 6.74. The highest BCUT2D eigenvalue weighted by Crippen LogP contribution is 2.39. The zero-order valence-electron chi connectivity index (χ0n) is 22.1. The van der Waals surface area contributed by atoms with E-state index in [0.29, 0.717) is 6.61 Å². The third kappa shape index (κ3) is 9.66. The molecule has 0 aliphatic carbocycles. The number of hydrogen-bond donors (Lipinski definition) is 1. The summed E-state index contributed by atoms with van der Waals surface area (Å²) in [7, 11) is -4.06. The number of amides is 1. The van der Waals surface area contributed by atoms with Gasteiger partial charge in [-0.2, -0.15) is 0 Å². The van der Waals surface area contributed by atoms with Gasteiger partial charge in [0.1, 0.15) is 5.60 Å². The lowest BCUT2D eigenvalue weighted by Crippen LogP contribution is -2.55. The average Bonchev–Trinajstić information content (AvgIpc) is 2.46. The Morgan fingerprint density at radius 1 is 0.900 bits per heavy atom. The van der Waals surface area contributed by atoms with E-state index >= 15 is 0 Å². The van der Waals surface area contributed by atoms with Crippen molar-refractivity contribution in [2.24, 2.45) is 0 Å². The van der Waals surface area contributed by atoms with Gasteiger partial charge in [0, 0.05) is 0 Å². The maximum Gasteiger partial charge on any atom is 0.408 e. The van der Waals surface area contributed by atoms with E-state index in [0.717, 1.165) is 0 Å². The van der Waals surface area contributed by atoms with Crippen LogP contribution in [0.25, 0.3) is 0 Å². The summed E-state index contributed by atoms with van der Waals surface area (Å²) in [6.07, 6.45) is 3.28. The minimum Gasteiger partial charge on any atom is -0.444 e. The van der Waals surface area contributed by atoms with E-state index < -0.39 is 28.3 Å². The minimum absolute atomic E-state index is 0.0591. The van der Waals surface area contributed by atoms with Crippen LogP contribution < -0.4 is 5.32 Å². The van der Waals surface area contributed by atoms with Gasteiger partial charge in [-0.1, -0.05) is 53.7 Å². The molecule has 7 heteroatoms. The fraction of sp³-hybridized carbons (Fsp3) is 0.870. The van der Waals surface area contributed by atoms with Crippen LogP contribution in [0.1, 0.15) is 69.2 Å². The second-order valence-electron chi connectivity index (χ2n) is 12.2. The number of nitrogens with one attached hydrogen (secondary N) is 1. The predicted molar refractivity (Wildman–Crippen MR) is 133 cm³/mol. The first-order valence-corrected chi connectivity index (χ1v) is 16.9. The van der Waals surface area contributed by atoms with Crippen LogP contribution in [-0.2, 0) is 13.6 Å². The van der Waals surface area contributed by atoms with Gasteiger partial charge < -0.3 is 18.9 Å². The van der Waals surface area contributed by atoms with Gasteiger partial charge in [0.15, 0.2) is 16.6 Å². The summed E-state index contributed by atoms with van der Waals surface area (Å²) < 4.78 is 18.7. The Kier molecular flexibility index (Phi) is 10.1. The molecular weight excluding hydrogens is 410 g/mol. The summed E-state index contributed by atoms with van der Waals surface area (Å²) in [5, 5.41) is 3.18. The molecule has 178 valence electrons. The summed E-state index contributed by atoms with van der Waals surface area (Å²) in [6, 6.07) is -0.334. The third-order valence-electron chi connectivity index (χ3n) is 6.15. The fourth-order valence-electron chi connectivity index (χ4n) is 2.15. The summed E-state index contributed by atoms with van der Waals surface area (Å²) in [4.78, 5) is 12.6. The zero-order chi connectivity index (χ0) is 24.2. The minimum atomic E-state index is -2.06. The number of allylic oxidation sites excluding steroid dienone is 1. The molecule has 0 aromatic heterocycles. The number of carbonyl (C=O) groups is 1. The van der Waals surface area contributed by atoms with Crippen LogP contribution in [0.2, 0.25) is 36.3 Å².